The number of benzene rings is 2. The molecule has 2 rings (SSSR count). The Morgan fingerprint density at radius 1 is 1.27 bits per heavy atom. The Morgan fingerprint density at radius 2 is 2.00 bits per heavy atom. The second kappa shape index (κ2) is 7.48. The maximum atomic E-state index is 12.0. The lowest BCUT2D eigenvalue weighted by Gasteiger charge is -2.17. The van der Waals surface area contributed by atoms with Crippen LogP contribution in [-0.2, 0) is 11.3 Å². The first-order chi connectivity index (χ1) is 10.6. The highest BCUT2D eigenvalue weighted by Gasteiger charge is 2.10. The third-order valence-corrected chi connectivity index (χ3v) is 3.32. The van der Waals surface area contributed by atoms with E-state index in [9.17, 15) is 4.79 Å². The van der Waals surface area contributed by atoms with Gasteiger partial charge < -0.3 is 9.64 Å². The first-order valence-corrected chi connectivity index (χ1v) is 7.07. The smallest absolute Gasteiger partial charge is 0.260 e. The SMILES string of the molecule is CN(Cc1ccc(C#N)cc1)C(=O)COc1cccc(Cl)c1. The van der Waals surface area contributed by atoms with Crippen LogP contribution in [0.2, 0.25) is 5.02 Å². The van der Waals surface area contributed by atoms with E-state index in [1.165, 1.54) is 0 Å². The predicted molar refractivity (Wildman–Crippen MR) is 84.6 cm³/mol. The molecule has 0 atom stereocenters. The number of hydrogen-bond acceptors (Lipinski definition) is 3. The average molecular weight is 315 g/mol. The Bertz CT molecular complexity index is 693. The summed E-state index contributed by atoms with van der Waals surface area (Å²) in [5.74, 6) is 0.428. The van der Waals surface area contributed by atoms with E-state index in [0.717, 1.165) is 5.56 Å². The second-order valence-electron chi connectivity index (χ2n) is 4.80. The largest absolute Gasteiger partial charge is 0.484 e. The van der Waals surface area contributed by atoms with Crippen LogP contribution in [0.3, 0.4) is 0 Å². The lowest BCUT2D eigenvalue weighted by atomic mass is 10.1. The molecule has 0 unspecified atom stereocenters. The number of nitrogens with zero attached hydrogens (tertiary/aromatic N) is 2. The molecule has 0 aliphatic heterocycles. The molecular weight excluding hydrogens is 300 g/mol. The van der Waals surface area contributed by atoms with Crippen molar-refractivity contribution < 1.29 is 9.53 Å². The summed E-state index contributed by atoms with van der Waals surface area (Å²) < 4.78 is 5.43. The highest BCUT2D eigenvalue weighted by molar-refractivity contribution is 6.30. The van der Waals surface area contributed by atoms with Gasteiger partial charge in [0.1, 0.15) is 5.75 Å². The molecule has 5 heteroatoms. The minimum absolute atomic E-state index is 0.0485. The van der Waals surface area contributed by atoms with E-state index >= 15 is 0 Å². The first-order valence-electron chi connectivity index (χ1n) is 6.70. The fraction of sp³-hybridized carbons (Fsp3) is 0.176. The van der Waals surface area contributed by atoms with E-state index in [0.29, 0.717) is 22.9 Å². The third kappa shape index (κ3) is 4.51. The number of ether oxygens (including phenoxy) is 1. The van der Waals surface area contributed by atoms with Gasteiger partial charge >= 0.3 is 0 Å². The van der Waals surface area contributed by atoms with Crippen LogP contribution in [-0.4, -0.2) is 24.5 Å². The molecule has 1 amide bonds. The molecule has 0 heterocycles. The fourth-order valence-corrected chi connectivity index (χ4v) is 2.04. The Morgan fingerprint density at radius 3 is 2.64 bits per heavy atom. The molecule has 0 fully saturated rings. The molecule has 0 aromatic heterocycles. The molecule has 112 valence electrons. The van der Waals surface area contributed by atoms with Crippen LogP contribution in [0.25, 0.3) is 0 Å². The predicted octanol–water partition coefficient (Wildman–Crippen LogP) is 3.25. The van der Waals surface area contributed by atoms with Gasteiger partial charge in [-0.15, -0.1) is 0 Å². The number of amides is 1. The summed E-state index contributed by atoms with van der Waals surface area (Å²) >= 11 is 5.86. The summed E-state index contributed by atoms with van der Waals surface area (Å²) in [7, 11) is 1.71. The van der Waals surface area contributed by atoms with Gasteiger partial charge in [0.25, 0.3) is 5.91 Å². The maximum Gasteiger partial charge on any atom is 0.260 e. The van der Waals surface area contributed by atoms with Gasteiger partial charge in [-0.25, -0.2) is 0 Å². The summed E-state index contributed by atoms with van der Waals surface area (Å²) in [5, 5.41) is 9.32. The minimum Gasteiger partial charge on any atom is -0.484 e. The standard InChI is InChI=1S/C17H15ClN2O2/c1-20(11-14-7-5-13(10-19)6-8-14)17(21)12-22-16-4-2-3-15(18)9-16/h2-9H,11-12H2,1H3. The normalized spacial score (nSPS) is 9.86. The Hall–Kier alpha value is -2.51. The Balaban J connectivity index is 1.87. The lowest BCUT2D eigenvalue weighted by molar-refractivity contribution is -0.132. The molecule has 0 saturated heterocycles. The molecule has 0 saturated carbocycles. The monoisotopic (exact) mass is 314 g/mol. The Labute approximate surface area is 134 Å². The van der Waals surface area contributed by atoms with Gasteiger partial charge in [-0.3, -0.25) is 4.79 Å². The van der Waals surface area contributed by atoms with Crippen molar-refractivity contribution in [3.05, 3.63) is 64.7 Å². The van der Waals surface area contributed by atoms with Gasteiger partial charge in [0.2, 0.25) is 0 Å². The zero-order chi connectivity index (χ0) is 15.9. The summed E-state index contributed by atoms with van der Waals surface area (Å²) in [5.41, 5.74) is 1.56. The maximum absolute atomic E-state index is 12.0. The van der Waals surface area contributed by atoms with Crippen molar-refractivity contribution in [1.29, 1.82) is 5.26 Å². The summed E-state index contributed by atoms with van der Waals surface area (Å²) in [4.78, 5) is 13.6. The number of halogens is 1. The van der Waals surface area contributed by atoms with Crippen molar-refractivity contribution in [3.63, 3.8) is 0 Å². The van der Waals surface area contributed by atoms with E-state index in [4.69, 9.17) is 21.6 Å². The molecule has 0 spiro atoms. The second-order valence-corrected chi connectivity index (χ2v) is 5.24. The highest BCUT2D eigenvalue weighted by atomic mass is 35.5. The number of carbonyl (C=O) groups is 1. The van der Waals surface area contributed by atoms with Crippen molar-refractivity contribution >= 4 is 17.5 Å². The lowest BCUT2D eigenvalue weighted by Crippen LogP contribution is -2.30. The van der Waals surface area contributed by atoms with E-state index < -0.39 is 0 Å². The van der Waals surface area contributed by atoms with Crippen molar-refractivity contribution in [1.82, 2.24) is 4.90 Å². The zero-order valence-electron chi connectivity index (χ0n) is 12.1. The van der Waals surface area contributed by atoms with Crippen LogP contribution < -0.4 is 4.74 Å². The van der Waals surface area contributed by atoms with Crippen molar-refractivity contribution in [2.24, 2.45) is 0 Å². The number of carbonyl (C=O) groups excluding carboxylic acids is 1. The van der Waals surface area contributed by atoms with Crippen LogP contribution in [0, 0.1) is 11.3 Å². The van der Waals surface area contributed by atoms with Crippen molar-refractivity contribution in [3.8, 4) is 11.8 Å². The zero-order valence-corrected chi connectivity index (χ0v) is 12.9. The number of hydrogen-bond donors (Lipinski definition) is 0. The molecule has 2 aromatic rings. The van der Waals surface area contributed by atoms with Crippen LogP contribution in [0.15, 0.2) is 48.5 Å². The van der Waals surface area contributed by atoms with E-state index in [1.54, 1.807) is 48.3 Å². The summed E-state index contributed by atoms with van der Waals surface area (Å²) in [6.45, 7) is 0.413. The van der Waals surface area contributed by atoms with Gasteiger partial charge in [-0.1, -0.05) is 29.8 Å². The van der Waals surface area contributed by atoms with E-state index in [-0.39, 0.29) is 12.5 Å². The van der Waals surface area contributed by atoms with E-state index in [1.807, 2.05) is 12.1 Å². The number of rotatable bonds is 5. The van der Waals surface area contributed by atoms with Gasteiger partial charge in [-0.2, -0.15) is 5.26 Å². The summed E-state index contributed by atoms with van der Waals surface area (Å²) in [6.07, 6.45) is 0. The van der Waals surface area contributed by atoms with Gasteiger partial charge in [-0.05, 0) is 35.9 Å². The van der Waals surface area contributed by atoms with Crippen LogP contribution >= 0.6 is 11.6 Å². The molecule has 2 aromatic carbocycles. The van der Waals surface area contributed by atoms with Gasteiger partial charge in [0.05, 0.1) is 11.6 Å². The molecular formula is C17H15ClN2O2. The quantitative estimate of drug-likeness (QED) is 0.851. The Kier molecular flexibility index (Phi) is 5.40. The topological polar surface area (TPSA) is 53.3 Å². The highest BCUT2D eigenvalue weighted by Crippen LogP contribution is 2.17. The van der Waals surface area contributed by atoms with Crippen LogP contribution in [0.1, 0.15) is 11.1 Å². The van der Waals surface area contributed by atoms with Gasteiger partial charge in [0, 0.05) is 18.6 Å². The number of likely N-dealkylation sites (N-methyl/N-ethyl adjacent to an activating group) is 1. The molecule has 22 heavy (non-hydrogen) atoms. The molecule has 0 radical (unpaired) electrons. The summed E-state index contributed by atoms with van der Waals surface area (Å²) in [6, 6.07) is 16.1. The first kappa shape index (κ1) is 15.9. The molecule has 4 nitrogen and oxygen atoms in total. The minimum atomic E-state index is -0.135. The fourth-order valence-electron chi connectivity index (χ4n) is 1.86. The van der Waals surface area contributed by atoms with Crippen molar-refractivity contribution in [2.75, 3.05) is 13.7 Å². The third-order valence-electron chi connectivity index (χ3n) is 3.09. The van der Waals surface area contributed by atoms with E-state index in [2.05, 4.69) is 6.07 Å². The molecule has 0 bridgehead atoms. The van der Waals surface area contributed by atoms with Crippen molar-refractivity contribution in [2.45, 2.75) is 6.54 Å². The van der Waals surface area contributed by atoms with Gasteiger partial charge in [0.15, 0.2) is 6.61 Å². The van der Waals surface area contributed by atoms with Crippen LogP contribution in [0.4, 0.5) is 0 Å². The average Bonchev–Trinajstić information content (AvgIpc) is 2.53. The molecule has 0 aliphatic carbocycles. The van der Waals surface area contributed by atoms with Crippen LogP contribution in [0.5, 0.6) is 5.75 Å². The molecule has 0 aliphatic rings. The number of nitriles is 1. The molecule has 0 N–H and O–H groups in total.